The Morgan fingerprint density at radius 3 is 2.95 bits per heavy atom. The normalized spacial score (nSPS) is 15.9. The molecule has 1 aromatic rings. The van der Waals surface area contributed by atoms with Crippen molar-refractivity contribution in [1.29, 1.82) is 0 Å². The predicted octanol–water partition coefficient (Wildman–Crippen LogP) is 1.30. The molecule has 5 nitrogen and oxygen atoms in total. The maximum absolute atomic E-state index is 11.9. The number of aliphatic hydroxyl groups excluding tert-OH is 1. The number of pyridine rings is 1. The van der Waals surface area contributed by atoms with Crippen LogP contribution in [-0.2, 0) is 6.54 Å². The highest BCUT2D eigenvalue weighted by atomic mass is 16.3. The highest BCUT2D eigenvalue weighted by Crippen LogP contribution is 2.32. The highest BCUT2D eigenvalue weighted by Gasteiger charge is 2.31. The molecule has 104 valence electrons. The summed E-state index contributed by atoms with van der Waals surface area (Å²) in [6.45, 7) is 2.71. The third-order valence-corrected chi connectivity index (χ3v) is 3.34. The van der Waals surface area contributed by atoms with Crippen LogP contribution in [0.2, 0.25) is 0 Å². The Labute approximate surface area is 113 Å². The molecule has 0 saturated heterocycles. The topological polar surface area (TPSA) is 65.5 Å². The van der Waals surface area contributed by atoms with Crippen LogP contribution in [0.5, 0.6) is 0 Å². The molecule has 2 rings (SSSR count). The zero-order valence-electron chi connectivity index (χ0n) is 11.5. The number of amides is 2. The molecule has 0 aliphatic heterocycles. The van der Waals surface area contributed by atoms with Gasteiger partial charge in [-0.15, -0.1) is 0 Å². The number of aliphatic hydroxyl groups is 1. The van der Waals surface area contributed by atoms with E-state index in [0.29, 0.717) is 19.0 Å². The van der Waals surface area contributed by atoms with E-state index in [9.17, 15) is 9.90 Å². The van der Waals surface area contributed by atoms with Crippen LogP contribution in [0.25, 0.3) is 0 Å². The molecule has 0 spiro atoms. The van der Waals surface area contributed by atoms with E-state index in [2.05, 4.69) is 10.3 Å². The predicted molar refractivity (Wildman–Crippen MR) is 72.6 cm³/mol. The first-order valence-corrected chi connectivity index (χ1v) is 6.66. The van der Waals surface area contributed by atoms with Gasteiger partial charge in [0.05, 0.1) is 18.3 Å². The molecule has 1 aromatic heterocycles. The summed E-state index contributed by atoms with van der Waals surface area (Å²) in [4.78, 5) is 17.7. The van der Waals surface area contributed by atoms with Crippen LogP contribution in [0.15, 0.2) is 18.2 Å². The van der Waals surface area contributed by atoms with Gasteiger partial charge in [0.1, 0.15) is 0 Å². The van der Waals surface area contributed by atoms with Crippen LogP contribution >= 0.6 is 0 Å². The summed E-state index contributed by atoms with van der Waals surface area (Å²) in [5.74, 6) is 0.383. The fourth-order valence-corrected chi connectivity index (χ4v) is 1.99. The van der Waals surface area contributed by atoms with Gasteiger partial charge in [-0.05, 0) is 37.8 Å². The van der Waals surface area contributed by atoms with E-state index in [0.717, 1.165) is 24.2 Å². The second-order valence-electron chi connectivity index (χ2n) is 5.21. The number of aromatic nitrogens is 1. The standard InChI is InChI=1S/C14H21N3O2/c1-10-4-3-5-12(16-10)8-15-14(19)17(2)9-13(18)11-6-7-11/h3-5,11,13,18H,6-9H2,1-2H3,(H,15,19). The zero-order chi connectivity index (χ0) is 13.8. The molecule has 1 heterocycles. The lowest BCUT2D eigenvalue weighted by Gasteiger charge is -2.21. The third kappa shape index (κ3) is 4.21. The summed E-state index contributed by atoms with van der Waals surface area (Å²) in [5, 5.41) is 12.6. The average Bonchev–Trinajstić information content (AvgIpc) is 3.20. The smallest absolute Gasteiger partial charge is 0.317 e. The Morgan fingerprint density at radius 2 is 2.32 bits per heavy atom. The minimum atomic E-state index is -0.396. The van der Waals surface area contributed by atoms with Gasteiger partial charge in [0.25, 0.3) is 0 Å². The number of nitrogens with zero attached hydrogens (tertiary/aromatic N) is 2. The van der Waals surface area contributed by atoms with Gasteiger partial charge in [-0.3, -0.25) is 4.98 Å². The van der Waals surface area contributed by atoms with E-state index in [1.165, 1.54) is 4.90 Å². The molecule has 0 aromatic carbocycles. The number of urea groups is 1. The lowest BCUT2D eigenvalue weighted by Crippen LogP contribution is -2.41. The molecule has 1 saturated carbocycles. The van der Waals surface area contributed by atoms with Gasteiger partial charge in [-0.25, -0.2) is 4.79 Å². The van der Waals surface area contributed by atoms with Gasteiger partial charge < -0.3 is 15.3 Å². The fourth-order valence-electron chi connectivity index (χ4n) is 1.99. The molecular weight excluding hydrogens is 242 g/mol. The summed E-state index contributed by atoms with van der Waals surface area (Å²) in [6.07, 6.45) is 1.75. The lowest BCUT2D eigenvalue weighted by molar-refractivity contribution is 0.113. The maximum Gasteiger partial charge on any atom is 0.317 e. The largest absolute Gasteiger partial charge is 0.391 e. The van der Waals surface area contributed by atoms with Crippen molar-refractivity contribution in [3.05, 3.63) is 29.6 Å². The Morgan fingerprint density at radius 1 is 1.58 bits per heavy atom. The van der Waals surface area contributed by atoms with Crippen molar-refractivity contribution in [1.82, 2.24) is 15.2 Å². The third-order valence-electron chi connectivity index (χ3n) is 3.34. The number of hydrogen-bond donors (Lipinski definition) is 2. The monoisotopic (exact) mass is 263 g/mol. The number of carbonyl (C=O) groups excluding carboxylic acids is 1. The van der Waals surface area contributed by atoms with Crippen LogP contribution in [0, 0.1) is 12.8 Å². The lowest BCUT2D eigenvalue weighted by atomic mass is 10.2. The number of aryl methyl sites for hydroxylation is 1. The summed E-state index contributed by atoms with van der Waals surface area (Å²) >= 11 is 0. The Bertz CT molecular complexity index is 446. The average molecular weight is 263 g/mol. The van der Waals surface area contributed by atoms with Gasteiger partial charge in [0, 0.05) is 19.3 Å². The van der Waals surface area contributed by atoms with E-state index in [1.807, 2.05) is 25.1 Å². The first-order chi connectivity index (χ1) is 9.06. The van der Waals surface area contributed by atoms with Crippen molar-refractivity contribution in [2.45, 2.75) is 32.4 Å². The van der Waals surface area contributed by atoms with Gasteiger partial charge in [-0.2, -0.15) is 0 Å². The van der Waals surface area contributed by atoms with Crippen molar-refractivity contribution >= 4 is 6.03 Å². The van der Waals surface area contributed by atoms with Gasteiger partial charge in [0.15, 0.2) is 0 Å². The Hall–Kier alpha value is -1.62. The molecule has 1 unspecified atom stereocenters. The summed E-state index contributed by atoms with van der Waals surface area (Å²) in [7, 11) is 1.70. The van der Waals surface area contributed by atoms with Crippen LogP contribution in [0.4, 0.5) is 4.79 Å². The molecular formula is C14H21N3O2. The first kappa shape index (κ1) is 13.8. The highest BCUT2D eigenvalue weighted by molar-refractivity contribution is 5.73. The van der Waals surface area contributed by atoms with Crippen molar-refractivity contribution in [3.8, 4) is 0 Å². The van der Waals surface area contributed by atoms with E-state index >= 15 is 0 Å². The summed E-state index contributed by atoms with van der Waals surface area (Å²) in [5.41, 5.74) is 1.77. The summed E-state index contributed by atoms with van der Waals surface area (Å²) in [6, 6.07) is 5.54. The Kier molecular flexibility index (Phi) is 4.37. The zero-order valence-corrected chi connectivity index (χ0v) is 11.5. The number of likely N-dealkylation sites (N-methyl/N-ethyl adjacent to an activating group) is 1. The van der Waals surface area contributed by atoms with Crippen molar-refractivity contribution in [2.24, 2.45) is 5.92 Å². The molecule has 19 heavy (non-hydrogen) atoms. The Balaban J connectivity index is 1.76. The van der Waals surface area contributed by atoms with Crippen LogP contribution in [0.1, 0.15) is 24.2 Å². The molecule has 1 fully saturated rings. The molecule has 1 aliphatic carbocycles. The molecule has 2 amide bonds. The molecule has 1 atom stereocenters. The quantitative estimate of drug-likeness (QED) is 0.841. The van der Waals surface area contributed by atoms with Crippen molar-refractivity contribution in [3.63, 3.8) is 0 Å². The number of hydrogen-bond acceptors (Lipinski definition) is 3. The van der Waals surface area contributed by atoms with Gasteiger partial charge in [-0.1, -0.05) is 6.07 Å². The van der Waals surface area contributed by atoms with E-state index < -0.39 is 6.10 Å². The maximum atomic E-state index is 11.9. The number of carbonyl (C=O) groups is 1. The van der Waals surface area contributed by atoms with Crippen LogP contribution in [-0.4, -0.2) is 40.7 Å². The van der Waals surface area contributed by atoms with Crippen LogP contribution < -0.4 is 5.32 Å². The van der Waals surface area contributed by atoms with Gasteiger partial charge >= 0.3 is 6.03 Å². The van der Waals surface area contributed by atoms with Crippen LogP contribution in [0.3, 0.4) is 0 Å². The molecule has 2 N–H and O–H groups in total. The second kappa shape index (κ2) is 6.02. The minimum Gasteiger partial charge on any atom is -0.391 e. The van der Waals surface area contributed by atoms with E-state index in [4.69, 9.17) is 0 Å². The molecule has 1 aliphatic rings. The van der Waals surface area contributed by atoms with Crippen molar-refractivity contribution < 1.29 is 9.90 Å². The fraction of sp³-hybridized carbons (Fsp3) is 0.571. The number of rotatable bonds is 5. The second-order valence-corrected chi connectivity index (χ2v) is 5.21. The van der Waals surface area contributed by atoms with E-state index in [-0.39, 0.29) is 6.03 Å². The van der Waals surface area contributed by atoms with Gasteiger partial charge in [0.2, 0.25) is 0 Å². The first-order valence-electron chi connectivity index (χ1n) is 6.66. The summed E-state index contributed by atoms with van der Waals surface area (Å²) < 4.78 is 0. The molecule has 5 heteroatoms. The molecule has 0 radical (unpaired) electrons. The molecule has 0 bridgehead atoms. The number of nitrogens with one attached hydrogen (secondary N) is 1. The van der Waals surface area contributed by atoms with E-state index in [1.54, 1.807) is 7.05 Å². The SMILES string of the molecule is Cc1cccc(CNC(=O)N(C)CC(O)C2CC2)n1. The van der Waals surface area contributed by atoms with Crippen molar-refractivity contribution in [2.75, 3.05) is 13.6 Å². The minimum absolute atomic E-state index is 0.178.